The number of carbonyl (C=O) groups is 2. The zero-order valence-corrected chi connectivity index (χ0v) is 19.3. The number of halogens is 3. The number of benzene rings is 2. The van der Waals surface area contributed by atoms with Crippen molar-refractivity contribution >= 4 is 28.6 Å². The van der Waals surface area contributed by atoms with Crippen molar-refractivity contribution in [1.82, 2.24) is 14.9 Å². The molecule has 35 heavy (non-hydrogen) atoms. The van der Waals surface area contributed by atoms with Gasteiger partial charge >= 0.3 is 12.1 Å². The molecule has 0 atom stereocenters. The van der Waals surface area contributed by atoms with E-state index in [1.54, 1.807) is 0 Å². The Labute approximate surface area is 200 Å². The van der Waals surface area contributed by atoms with E-state index in [1.807, 2.05) is 31.2 Å². The van der Waals surface area contributed by atoms with E-state index in [0.29, 0.717) is 5.56 Å². The summed E-state index contributed by atoms with van der Waals surface area (Å²) >= 11 is 0. The van der Waals surface area contributed by atoms with Gasteiger partial charge in [-0.1, -0.05) is 12.5 Å². The zero-order chi connectivity index (χ0) is 25.2. The normalized spacial score (nSPS) is 16.5. The first-order valence-electron chi connectivity index (χ1n) is 11.5. The monoisotopic (exact) mass is 488 g/mol. The van der Waals surface area contributed by atoms with Gasteiger partial charge < -0.3 is 15.4 Å². The number of aromatic amines is 1. The van der Waals surface area contributed by atoms with Crippen LogP contribution in [0.15, 0.2) is 36.4 Å². The number of fused-ring (bicyclic) bond motifs is 2. The first kappa shape index (κ1) is 24.7. The van der Waals surface area contributed by atoms with Crippen LogP contribution in [0.2, 0.25) is 0 Å². The maximum atomic E-state index is 12.7. The van der Waals surface area contributed by atoms with Crippen molar-refractivity contribution in [2.75, 3.05) is 18.4 Å². The first-order valence-corrected chi connectivity index (χ1v) is 11.5. The second-order valence-electron chi connectivity index (χ2n) is 8.92. The molecule has 1 aliphatic heterocycles. The number of hydrogen-bond donors (Lipinski definition) is 3. The Morgan fingerprint density at radius 1 is 1.09 bits per heavy atom. The number of nitrogens with zero attached hydrogens (tertiary/aromatic N) is 2. The Morgan fingerprint density at radius 3 is 2.40 bits per heavy atom. The van der Waals surface area contributed by atoms with Gasteiger partial charge in [-0.15, -0.1) is 0 Å². The van der Waals surface area contributed by atoms with E-state index >= 15 is 0 Å². The van der Waals surface area contributed by atoms with E-state index in [-0.39, 0.29) is 5.91 Å². The maximum Gasteiger partial charge on any atom is 0.490 e. The highest BCUT2D eigenvalue weighted by Gasteiger charge is 2.38. The molecule has 186 valence electrons. The summed E-state index contributed by atoms with van der Waals surface area (Å²) in [5.41, 5.74) is 6.09. The fourth-order valence-electron chi connectivity index (χ4n) is 4.42. The number of rotatable bonds is 3. The van der Waals surface area contributed by atoms with E-state index in [4.69, 9.17) is 9.90 Å². The molecule has 10 heteroatoms. The van der Waals surface area contributed by atoms with Crippen LogP contribution in [0, 0.1) is 6.92 Å². The molecule has 5 rings (SSSR count). The molecule has 1 saturated carbocycles. The van der Waals surface area contributed by atoms with Gasteiger partial charge in [-0.2, -0.15) is 13.2 Å². The van der Waals surface area contributed by atoms with Gasteiger partial charge in [0.2, 0.25) is 0 Å². The molecule has 2 aromatic carbocycles. The number of alkyl halides is 3. The van der Waals surface area contributed by atoms with Gasteiger partial charge in [0.25, 0.3) is 5.91 Å². The highest BCUT2D eigenvalue weighted by molar-refractivity contribution is 6.06. The molecule has 1 amide bonds. The van der Waals surface area contributed by atoms with Crippen LogP contribution in [-0.2, 0) is 17.6 Å². The number of aliphatic carboxylic acids is 1. The molecule has 1 fully saturated rings. The lowest BCUT2D eigenvalue weighted by Gasteiger charge is -2.36. The molecule has 0 saturated heterocycles. The van der Waals surface area contributed by atoms with Gasteiger partial charge in [0, 0.05) is 30.4 Å². The third-order valence-corrected chi connectivity index (χ3v) is 6.50. The minimum atomic E-state index is -5.08. The molecule has 2 heterocycles. The first-order chi connectivity index (χ1) is 16.6. The van der Waals surface area contributed by atoms with Gasteiger partial charge in [-0.25, -0.2) is 9.78 Å². The number of anilines is 1. The summed E-state index contributed by atoms with van der Waals surface area (Å²) in [4.78, 5) is 31.9. The van der Waals surface area contributed by atoms with E-state index in [9.17, 15) is 18.0 Å². The fraction of sp³-hybridized carbons (Fsp3) is 0.400. The fourth-order valence-corrected chi connectivity index (χ4v) is 4.42. The quantitative estimate of drug-likeness (QED) is 0.496. The lowest BCUT2D eigenvalue weighted by atomic mass is 9.91. The van der Waals surface area contributed by atoms with Gasteiger partial charge in [0.15, 0.2) is 0 Å². The van der Waals surface area contributed by atoms with Crippen LogP contribution < -0.4 is 5.32 Å². The summed E-state index contributed by atoms with van der Waals surface area (Å²) in [6.45, 7) is 4.21. The van der Waals surface area contributed by atoms with Crippen molar-refractivity contribution in [3.8, 4) is 0 Å². The van der Waals surface area contributed by atoms with Crippen LogP contribution in [0.4, 0.5) is 18.9 Å². The number of aryl methyl sites for hydroxylation is 1. The van der Waals surface area contributed by atoms with Gasteiger partial charge in [-0.05, 0) is 74.1 Å². The van der Waals surface area contributed by atoms with Crippen LogP contribution in [0.3, 0.4) is 0 Å². The van der Waals surface area contributed by atoms with Crippen LogP contribution in [0.1, 0.15) is 46.6 Å². The van der Waals surface area contributed by atoms with E-state index in [1.165, 1.54) is 30.4 Å². The van der Waals surface area contributed by atoms with Gasteiger partial charge in [-0.3, -0.25) is 9.69 Å². The SMILES string of the molecule is Cc1nc2ccc(C(=O)Nc3ccc4c(c3)CCN(C3CCC3)CC4)cc2[nH]1.O=C(O)C(F)(F)F. The topological polar surface area (TPSA) is 98.3 Å². The number of nitrogens with one attached hydrogen (secondary N) is 2. The molecule has 7 nitrogen and oxygen atoms in total. The largest absolute Gasteiger partial charge is 0.490 e. The Balaban J connectivity index is 0.000000364. The summed E-state index contributed by atoms with van der Waals surface area (Å²) in [5, 5.41) is 10.2. The molecular formula is C25H27F3N4O3. The summed E-state index contributed by atoms with van der Waals surface area (Å²) in [6, 6.07) is 12.8. The molecular weight excluding hydrogens is 461 g/mol. The van der Waals surface area contributed by atoms with Crippen molar-refractivity contribution in [2.45, 2.75) is 51.2 Å². The molecule has 1 aliphatic carbocycles. The van der Waals surface area contributed by atoms with Crippen molar-refractivity contribution in [2.24, 2.45) is 0 Å². The van der Waals surface area contributed by atoms with Crippen LogP contribution in [0.25, 0.3) is 11.0 Å². The van der Waals surface area contributed by atoms with Crippen LogP contribution in [0.5, 0.6) is 0 Å². The average Bonchev–Trinajstić information content (AvgIpc) is 3.01. The summed E-state index contributed by atoms with van der Waals surface area (Å²) < 4.78 is 31.7. The van der Waals surface area contributed by atoms with Gasteiger partial charge in [0.1, 0.15) is 5.82 Å². The smallest absolute Gasteiger partial charge is 0.475 e. The number of carbonyl (C=O) groups excluding carboxylic acids is 1. The Hall–Kier alpha value is -3.40. The second kappa shape index (κ2) is 10.1. The minimum Gasteiger partial charge on any atom is -0.475 e. The van der Waals surface area contributed by atoms with Crippen molar-refractivity contribution in [3.63, 3.8) is 0 Å². The molecule has 0 spiro atoms. The molecule has 0 unspecified atom stereocenters. The number of imidazole rings is 1. The number of aromatic nitrogens is 2. The van der Waals surface area contributed by atoms with Gasteiger partial charge in [0.05, 0.1) is 11.0 Å². The Morgan fingerprint density at radius 2 is 1.77 bits per heavy atom. The lowest BCUT2D eigenvalue weighted by Crippen LogP contribution is -2.41. The molecule has 3 N–H and O–H groups in total. The number of hydrogen-bond acceptors (Lipinski definition) is 4. The van der Waals surface area contributed by atoms with Crippen LogP contribution >= 0.6 is 0 Å². The average molecular weight is 489 g/mol. The molecule has 3 aromatic rings. The summed E-state index contributed by atoms with van der Waals surface area (Å²) in [7, 11) is 0. The summed E-state index contributed by atoms with van der Waals surface area (Å²) in [6.07, 6.45) is 1.19. The Bertz CT molecular complexity index is 1230. The number of H-pyrrole nitrogens is 1. The van der Waals surface area contributed by atoms with Crippen molar-refractivity contribution < 1.29 is 27.9 Å². The lowest BCUT2D eigenvalue weighted by molar-refractivity contribution is -0.192. The Kier molecular flexibility index (Phi) is 7.11. The highest BCUT2D eigenvalue weighted by Crippen LogP contribution is 2.28. The number of carboxylic acid groups (broad SMARTS) is 1. The van der Waals surface area contributed by atoms with E-state index < -0.39 is 12.1 Å². The predicted octanol–water partition coefficient (Wildman–Crippen LogP) is 4.71. The number of amides is 1. The maximum absolute atomic E-state index is 12.7. The highest BCUT2D eigenvalue weighted by atomic mass is 19.4. The van der Waals surface area contributed by atoms with E-state index in [2.05, 4.69) is 32.3 Å². The zero-order valence-electron chi connectivity index (χ0n) is 19.3. The molecule has 1 aromatic heterocycles. The second-order valence-corrected chi connectivity index (χ2v) is 8.92. The van der Waals surface area contributed by atoms with E-state index in [0.717, 1.165) is 54.5 Å². The molecule has 2 aliphatic rings. The predicted molar refractivity (Wildman–Crippen MR) is 126 cm³/mol. The standard InChI is InChI=1S/C23H26N4O.C2HF3O2/c1-15-24-21-8-6-18(14-22(21)25-15)23(28)26-19-7-5-16-9-11-27(20-3-2-4-20)12-10-17(16)13-19;3-2(4,5)1(6)7/h5-8,13-14,20H,2-4,9-12H2,1H3,(H,24,25)(H,26,28);(H,6,7). The third kappa shape index (κ3) is 6.00. The molecule has 0 radical (unpaired) electrons. The third-order valence-electron chi connectivity index (χ3n) is 6.50. The van der Waals surface area contributed by atoms with Crippen molar-refractivity contribution in [3.05, 3.63) is 58.9 Å². The van der Waals surface area contributed by atoms with Crippen LogP contribution in [-0.4, -0.2) is 57.2 Å². The minimum absolute atomic E-state index is 0.0844. The van der Waals surface area contributed by atoms with Crippen molar-refractivity contribution in [1.29, 1.82) is 0 Å². The number of carboxylic acids is 1. The molecule has 0 bridgehead atoms. The summed E-state index contributed by atoms with van der Waals surface area (Å²) in [5.74, 6) is -1.99.